The van der Waals surface area contributed by atoms with E-state index in [1.807, 2.05) is 6.92 Å². The number of hydrogen-bond donors (Lipinski definition) is 1. The number of imide groups is 1. The van der Waals surface area contributed by atoms with Gasteiger partial charge in [0.1, 0.15) is 6.61 Å². The molecule has 1 aliphatic heterocycles. The second-order valence-corrected chi connectivity index (χ2v) is 6.72. The van der Waals surface area contributed by atoms with Crippen molar-refractivity contribution in [2.75, 3.05) is 6.61 Å². The predicted molar refractivity (Wildman–Crippen MR) is 104 cm³/mol. The van der Waals surface area contributed by atoms with Crippen molar-refractivity contribution in [1.82, 2.24) is 5.32 Å². The maximum atomic E-state index is 11.7. The van der Waals surface area contributed by atoms with Crippen LogP contribution in [0.2, 0.25) is 0 Å². The molecule has 1 N–H and O–H groups in total. The van der Waals surface area contributed by atoms with Crippen molar-refractivity contribution in [3.8, 4) is 11.5 Å². The van der Waals surface area contributed by atoms with E-state index in [0.717, 1.165) is 17.3 Å². The van der Waals surface area contributed by atoms with Crippen LogP contribution < -0.4 is 14.8 Å². The number of rotatable bonds is 7. The van der Waals surface area contributed by atoms with Crippen molar-refractivity contribution in [3.05, 3.63) is 68.6 Å². The highest BCUT2D eigenvalue weighted by Gasteiger charge is 2.25. The number of amides is 2. The number of ether oxygens (including phenoxy) is 2. The lowest BCUT2D eigenvalue weighted by Crippen LogP contribution is -2.17. The molecule has 2 amide bonds. The van der Waals surface area contributed by atoms with E-state index in [0.29, 0.717) is 28.6 Å². The lowest BCUT2D eigenvalue weighted by atomic mass is 10.1. The monoisotopic (exact) mass is 400 g/mol. The Kier molecular flexibility index (Phi) is 5.95. The summed E-state index contributed by atoms with van der Waals surface area (Å²) in [6, 6.07) is 11.3. The van der Waals surface area contributed by atoms with Gasteiger partial charge in [0.25, 0.3) is 16.8 Å². The van der Waals surface area contributed by atoms with E-state index in [9.17, 15) is 19.7 Å². The first-order valence-corrected chi connectivity index (χ1v) is 9.15. The lowest BCUT2D eigenvalue weighted by Gasteiger charge is -2.13. The molecule has 9 heteroatoms. The van der Waals surface area contributed by atoms with Crippen molar-refractivity contribution in [2.45, 2.75) is 13.5 Å². The number of thioether (sulfide) groups is 1. The van der Waals surface area contributed by atoms with Gasteiger partial charge in [0.05, 0.1) is 16.4 Å². The standard InChI is InChI=1S/C19H16N2O6S/c1-2-26-16-9-13(10-17-18(22)20-19(23)28-17)5-8-15(16)27-11-12-3-6-14(7-4-12)21(24)25/h3-10H,2,11H2,1H3,(H,20,22,23)/b17-10+. The molecule has 3 rings (SSSR count). The number of hydrogen-bond acceptors (Lipinski definition) is 7. The van der Waals surface area contributed by atoms with Gasteiger partial charge in [0.2, 0.25) is 0 Å². The number of non-ortho nitro benzene ring substituents is 1. The van der Waals surface area contributed by atoms with E-state index in [2.05, 4.69) is 5.32 Å². The fraction of sp³-hybridized carbons (Fsp3) is 0.158. The van der Waals surface area contributed by atoms with Crippen molar-refractivity contribution < 1.29 is 24.0 Å². The van der Waals surface area contributed by atoms with Crippen molar-refractivity contribution in [3.63, 3.8) is 0 Å². The number of carbonyl (C=O) groups is 2. The van der Waals surface area contributed by atoms with Crippen LogP contribution in [0.3, 0.4) is 0 Å². The van der Waals surface area contributed by atoms with Crippen LogP contribution in [-0.4, -0.2) is 22.7 Å². The average Bonchev–Trinajstić information content (AvgIpc) is 2.98. The Labute approximate surface area is 164 Å². The van der Waals surface area contributed by atoms with Crippen LogP contribution in [0, 0.1) is 10.1 Å². The number of nitro groups is 1. The third kappa shape index (κ3) is 4.68. The van der Waals surface area contributed by atoms with Crippen LogP contribution in [-0.2, 0) is 11.4 Å². The third-order valence-corrected chi connectivity index (χ3v) is 4.56. The smallest absolute Gasteiger partial charge is 0.290 e. The Morgan fingerprint density at radius 1 is 1.11 bits per heavy atom. The molecule has 1 heterocycles. The Hall–Kier alpha value is -3.33. The minimum absolute atomic E-state index is 0.0171. The molecule has 8 nitrogen and oxygen atoms in total. The second kappa shape index (κ2) is 8.57. The zero-order valence-electron chi connectivity index (χ0n) is 14.8. The van der Waals surface area contributed by atoms with Gasteiger partial charge in [-0.2, -0.15) is 0 Å². The SMILES string of the molecule is CCOc1cc(/C=C2/SC(=O)NC2=O)ccc1OCc1ccc([N+](=O)[O-])cc1. The Balaban J connectivity index is 1.75. The van der Waals surface area contributed by atoms with Crippen molar-refractivity contribution in [1.29, 1.82) is 0 Å². The van der Waals surface area contributed by atoms with Crippen molar-refractivity contribution in [2.24, 2.45) is 0 Å². The third-order valence-electron chi connectivity index (χ3n) is 3.75. The number of benzene rings is 2. The summed E-state index contributed by atoms with van der Waals surface area (Å²) in [7, 11) is 0. The highest BCUT2D eigenvalue weighted by molar-refractivity contribution is 8.18. The molecule has 1 saturated heterocycles. The quantitative estimate of drug-likeness (QED) is 0.427. The van der Waals surface area contributed by atoms with E-state index >= 15 is 0 Å². The minimum Gasteiger partial charge on any atom is -0.490 e. The predicted octanol–water partition coefficient (Wildman–Crippen LogP) is 3.90. The normalized spacial score (nSPS) is 14.8. The number of carbonyl (C=O) groups excluding carboxylic acids is 2. The molecule has 2 aromatic rings. The molecule has 0 unspecified atom stereocenters. The topological polar surface area (TPSA) is 108 Å². The molecule has 0 saturated carbocycles. The van der Waals surface area contributed by atoms with Gasteiger partial charge in [-0.25, -0.2) is 0 Å². The van der Waals surface area contributed by atoms with Gasteiger partial charge in [-0.05, 0) is 60.2 Å². The first-order valence-electron chi connectivity index (χ1n) is 8.34. The molecule has 0 radical (unpaired) electrons. The second-order valence-electron chi connectivity index (χ2n) is 5.70. The highest BCUT2D eigenvalue weighted by atomic mass is 32.2. The number of nitrogens with one attached hydrogen (secondary N) is 1. The number of nitrogens with zero attached hydrogens (tertiary/aromatic N) is 1. The summed E-state index contributed by atoms with van der Waals surface area (Å²) in [5.74, 6) is 0.571. The van der Waals surface area contributed by atoms with Gasteiger partial charge >= 0.3 is 0 Å². The molecular formula is C19H16N2O6S. The highest BCUT2D eigenvalue weighted by Crippen LogP contribution is 2.32. The zero-order chi connectivity index (χ0) is 20.1. The molecular weight excluding hydrogens is 384 g/mol. The van der Waals surface area contributed by atoms with E-state index in [-0.39, 0.29) is 12.3 Å². The Bertz CT molecular complexity index is 955. The Morgan fingerprint density at radius 2 is 1.86 bits per heavy atom. The van der Waals surface area contributed by atoms with Crippen molar-refractivity contribution >= 4 is 34.7 Å². The van der Waals surface area contributed by atoms with Gasteiger partial charge < -0.3 is 9.47 Å². The van der Waals surface area contributed by atoms with Crippen LogP contribution in [0.5, 0.6) is 11.5 Å². The van der Waals surface area contributed by atoms with Gasteiger partial charge in [-0.1, -0.05) is 6.07 Å². The van der Waals surface area contributed by atoms with E-state index < -0.39 is 16.1 Å². The summed E-state index contributed by atoms with van der Waals surface area (Å²) >= 11 is 0.844. The largest absolute Gasteiger partial charge is 0.490 e. The molecule has 0 aliphatic carbocycles. The molecule has 28 heavy (non-hydrogen) atoms. The maximum absolute atomic E-state index is 11.7. The summed E-state index contributed by atoms with van der Waals surface area (Å²) in [6.07, 6.45) is 1.60. The summed E-state index contributed by atoms with van der Waals surface area (Å²) in [5.41, 5.74) is 1.48. The lowest BCUT2D eigenvalue weighted by molar-refractivity contribution is -0.384. The van der Waals surface area contributed by atoms with Crippen LogP contribution in [0.4, 0.5) is 10.5 Å². The van der Waals surface area contributed by atoms with Crippen LogP contribution >= 0.6 is 11.8 Å². The Morgan fingerprint density at radius 3 is 2.46 bits per heavy atom. The minimum atomic E-state index is -0.457. The van der Waals surface area contributed by atoms with Crippen LogP contribution in [0.1, 0.15) is 18.1 Å². The van der Waals surface area contributed by atoms with Gasteiger partial charge in [-0.3, -0.25) is 25.0 Å². The van der Waals surface area contributed by atoms with Gasteiger partial charge in [-0.15, -0.1) is 0 Å². The summed E-state index contributed by atoms with van der Waals surface area (Å²) < 4.78 is 11.4. The molecule has 0 bridgehead atoms. The summed E-state index contributed by atoms with van der Waals surface area (Å²) in [6.45, 7) is 2.47. The maximum Gasteiger partial charge on any atom is 0.290 e. The van der Waals surface area contributed by atoms with Gasteiger partial charge in [0.15, 0.2) is 11.5 Å². The fourth-order valence-corrected chi connectivity index (χ4v) is 3.13. The van der Waals surface area contributed by atoms with Gasteiger partial charge in [0, 0.05) is 12.1 Å². The molecule has 144 valence electrons. The molecule has 0 aromatic heterocycles. The molecule has 2 aromatic carbocycles. The van der Waals surface area contributed by atoms with E-state index in [1.54, 1.807) is 36.4 Å². The summed E-state index contributed by atoms with van der Waals surface area (Å²) in [4.78, 5) is 33.5. The first kappa shape index (κ1) is 19.4. The zero-order valence-corrected chi connectivity index (χ0v) is 15.7. The van der Waals surface area contributed by atoms with E-state index in [4.69, 9.17) is 9.47 Å². The van der Waals surface area contributed by atoms with Crippen LogP contribution in [0.25, 0.3) is 6.08 Å². The molecule has 0 spiro atoms. The fourth-order valence-electron chi connectivity index (χ4n) is 2.45. The van der Waals surface area contributed by atoms with Crippen LogP contribution in [0.15, 0.2) is 47.4 Å². The number of nitro benzene ring substituents is 1. The molecule has 1 aliphatic rings. The molecule has 1 fully saturated rings. The van der Waals surface area contributed by atoms with E-state index in [1.165, 1.54) is 12.1 Å². The summed E-state index contributed by atoms with van der Waals surface area (Å²) in [5, 5.41) is 12.5. The average molecular weight is 400 g/mol. The first-order chi connectivity index (χ1) is 13.5. The molecule has 0 atom stereocenters.